The first kappa shape index (κ1) is 13.9. The first-order valence-electron chi connectivity index (χ1n) is 5.70. The van der Waals surface area contributed by atoms with Crippen LogP contribution in [0, 0.1) is 11.3 Å². The van der Waals surface area contributed by atoms with Crippen LogP contribution >= 0.6 is 0 Å². The number of aromatic nitrogens is 1. The molecule has 0 saturated heterocycles. The molecule has 0 aliphatic carbocycles. The first-order valence-corrected chi connectivity index (χ1v) is 5.70. The van der Waals surface area contributed by atoms with Crippen molar-refractivity contribution in [1.82, 2.24) is 4.98 Å². The number of halogens is 3. The molecule has 2 aromatic rings. The minimum atomic E-state index is -4.50. The molecule has 1 heterocycles. The van der Waals surface area contributed by atoms with Gasteiger partial charge in [-0.1, -0.05) is 12.1 Å². The molecule has 0 amide bonds. The van der Waals surface area contributed by atoms with Gasteiger partial charge in [-0.25, -0.2) is 4.98 Å². The average Bonchev–Trinajstić information content (AvgIpc) is 2.45. The predicted molar refractivity (Wildman–Crippen MR) is 68.5 cm³/mol. The van der Waals surface area contributed by atoms with Gasteiger partial charge >= 0.3 is 6.18 Å². The Morgan fingerprint density at radius 2 is 1.85 bits per heavy atom. The number of para-hydroxylation sites is 1. The average molecular weight is 277 g/mol. The van der Waals surface area contributed by atoms with E-state index in [0.29, 0.717) is 5.69 Å². The van der Waals surface area contributed by atoms with Crippen LogP contribution in [0.3, 0.4) is 0 Å². The summed E-state index contributed by atoms with van der Waals surface area (Å²) < 4.78 is 38.9. The van der Waals surface area contributed by atoms with Gasteiger partial charge in [0.2, 0.25) is 0 Å². The highest BCUT2D eigenvalue weighted by molar-refractivity contribution is 5.68. The molecule has 0 atom stereocenters. The van der Waals surface area contributed by atoms with Gasteiger partial charge in [0.25, 0.3) is 0 Å². The van der Waals surface area contributed by atoms with Crippen molar-refractivity contribution >= 4 is 11.5 Å². The van der Waals surface area contributed by atoms with Crippen LogP contribution in [0.2, 0.25) is 0 Å². The molecular weight excluding hydrogens is 267 g/mol. The number of pyridine rings is 1. The van der Waals surface area contributed by atoms with Gasteiger partial charge in [0.05, 0.1) is 16.8 Å². The maximum atomic E-state index is 13.0. The molecule has 0 aliphatic heterocycles. The number of anilines is 2. The van der Waals surface area contributed by atoms with Crippen molar-refractivity contribution in [3.63, 3.8) is 0 Å². The SMILES string of the molecule is CN(c1ccccc1C#N)c1ncccc1C(F)(F)F. The third kappa shape index (κ3) is 2.57. The van der Waals surface area contributed by atoms with Gasteiger partial charge in [0.1, 0.15) is 11.9 Å². The summed E-state index contributed by atoms with van der Waals surface area (Å²) in [6, 6.07) is 10.6. The van der Waals surface area contributed by atoms with Crippen LogP contribution in [0.25, 0.3) is 0 Å². The summed E-state index contributed by atoms with van der Waals surface area (Å²) in [6.07, 6.45) is -3.21. The highest BCUT2D eigenvalue weighted by Crippen LogP contribution is 2.37. The standard InChI is InChI=1S/C14H10F3N3/c1-20(12-7-3-2-5-10(12)9-18)13-11(14(15,16)17)6-4-8-19-13/h2-8H,1H3. The predicted octanol–water partition coefficient (Wildman–Crippen LogP) is 3.74. The monoisotopic (exact) mass is 277 g/mol. The Kier molecular flexibility index (Phi) is 3.61. The van der Waals surface area contributed by atoms with E-state index in [0.717, 1.165) is 6.07 Å². The van der Waals surface area contributed by atoms with Crippen molar-refractivity contribution in [3.05, 3.63) is 53.7 Å². The number of nitriles is 1. The van der Waals surface area contributed by atoms with Crippen molar-refractivity contribution in [2.45, 2.75) is 6.18 Å². The fraction of sp³-hybridized carbons (Fsp3) is 0.143. The molecule has 0 saturated carbocycles. The van der Waals surface area contributed by atoms with Crippen molar-refractivity contribution in [2.75, 3.05) is 11.9 Å². The molecular formula is C14H10F3N3. The summed E-state index contributed by atoms with van der Waals surface area (Å²) in [4.78, 5) is 5.06. The lowest BCUT2D eigenvalue weighted by molar-refractivity contribution is -0.137. The summed E-state index contributed by atoms with van der Waals surface area (Å²) in [6.45, 7) is 0. The van der Waals surface area contributed by atoms with Crippen molar-refractivity contribution in [1.29, 1.82) is 5.26 Å². The highest BCUT2D eigenvalue weighted by Gasteiger charge is 2.35. The van der Waals surface area contributed by atoms with Crippen LogP contribution in [0.4, 0.5) is 24.7 Å². The molecule has 0 spiro atoms. The van der Waals surface area contributed by atoms with Gasteiger partial charge in [-0.3, -0.25) is 0 Å². The molecule has 0 aliphatic rings. The number of rotatable bonds is 2. The summed E-state index contributed by atoms with van der Waals surface area (Å²) in [5.74, 6) is -0.234. The van der Waals surface area contributed by atoms with E-state index in [-0.39, 0.29) is 11.4 Å². The van der Waals surface area contributed by atoms with Crippen molar-refractivity contribution in [3.8, 4) is 6.07 Å². The molecule has 1 aromatic carbocycles. The molecule has 20 heavy (non-hydrogen) atoms. The Morgan fingerprint density at radius 1 is 1.15 bits per heavy atom. The van der Waals surface area contributed by atoms with Crippen LogP contribution in [0.15, 0.2) is 42.6 Å². The lowest BCUT2D eigenvalue weighted by Crippen LogP contribution is -2.18. The Morgan fingerprint density at radius 3 is 2.50 bits per heavy atom. The fourth-order valence-corrected chi connectivity index (χ4v) is 1.86. The van der Waals surface area contributed by atoms with Crippen molar-refractivity contribution < 1.29 is 13.2 Å². The molecule has 0 radical (unpaired) electrons. The third-order valence-electron chi connectivity index (χ3n) is 2.80. The fourth-order valence-electron chi connectivity index (χ4n) is 1.86. The van der Waals surface area contributed by atoms with E-state index in [1.807, 2.05) is 6.07 Å². The lowest BCUT2D eigenvalue weighted by atomic mass is 10.1. The zero-order valence-corrected chi connectivity index (χ0v) is 10.5. The van der Waals surface area contributed by atoms with E-state index in [1.54, 1.807) is 24.3 Å². The van der Waals surface area contributed by atoms with Gasteiger partial charge in [-0.15, -0.1) is 0 Å². The van der Waals surface area contributed by atoms with Crippen LogP contribution in [-0.2, 0) is 6.18 Å². The van der Waals surface area contributed by atoms with Gasteiger partial charge in [-0.05, 0) is 24.3 Å². The Bertz CT molecular complexity index is 659. The van der Waals surface area contributed by atoms with E-state index in [9.17, 15) is 13.2 Å². The molecule has 0 bridgehead atoms. The smallest absolute Gasteiger partial charge is 0.328 e. The van der Waals surface area contributed by atoms with Crippen LogP contribution in [0.1, 0.15) is 11.1 Å². The zero-order chi connectivity index (χ0) is 14.8. The minimum absolute atomic E-state index is 0.234. The largest absolute Gasteiger partial charge is 0.419 e. The van der Waals surface area contributed by atoms with Crippen molar-refractivity contribution in [2.24, 2.45) is 0 Å². The Hall–Kier alpha value is -2.55. The van der Waals surface area contributed by atoms with Gasteiger partial charge in [-0.2, -0.15) is 18.4 Å². The summed E-state index contributed by atoms with van der Waals surface area (Å²) in [5.41, 5.74) is -0.178. The molecule has 2 rings (SSSR count). The van der Waals surface area contributed by atoms with Crippen LogP contribution < -0.4 is 4.90 Å². The maximum absolute atomic E-state index is 13.0. The Labute approximate surface area is 113 Å². The molecule has 0 N–H and O–H groups in total. The quantitative estimate of drug-likeness (QED) is 0.839. The zero-order valence-electron chi connectivity index (χ0n) is 10.5. The first-order chi connectivity index (χ1) is 9.45. The second kappa shape index (κ2) is 5.21. The summed E-state index contributed by atoms with van der Waals surface area (Å²) in [5, 5.41) is 9.02. The van der Waals surface area contributed by atoms with Gasteiger partial charge < -0.3 is 4.90 Å². The highest BCUT2D eigenvalue weighted by atomic mass is 19.4. The van der Waals surface area contributed by atoms with E-state index in [2.05, 4.69) is 4.98 Å². The summed E-state index contributed by atoms with van der Waals surface area (Å²) in [7, 11) is 1.45. The van der Waals surface area contributed by atoms with Gasteiger partial charge in [0.15, 0.2) is 0 Å². The molecule has 102 valence electrons. The van der Waals surface area contributed by atoms with E-state index in [4.69, 9.17) is 5.26 Å². The van der Waals surface area contributed by atoms with E-state index >= 15 is 0 Å². The Balaban J connectivity index is 2.55. The molecule has 1 aromatic heterocycles. The molecule has 0 fully saturated rings. The number of alkyl halides is 3. The van der Waals surface area contributed by atoms with E-state index in [1.165, 1.54) is 24.2 Å². The molecule has 0 unspecified atom stereocenters. The normalized spacial score (nSPS) is 10.9. The summed E-state index contributed by atoms with van der Waals surface area (Å²) >= 11 is 0. The number of nitrogens with zero attached hydrogens (tertiary/aromatic N) is 3. The number of hydrogen-bond donors (Lipinski definition) is 0. The topological polar surface area (TPSA) is 39.9 Å². The molecule has 3 nitrogen and oxygen atoms in total. The van der Waals surface area contributed by atoms with E-state index < -0.39 is 11.7 Å². The second-order valence-electron chi connectivity index (χ2n) is 4.06. The minimum Gasteiger partial charge on any atom is -0.328 e. The second-order valence-corrected chi connectivity index (χ2v) is 4.06. The molecule has 6 heteroatoms. The number of benzene rings is 1. The number of hydrogen-bond acceptors (Lipinski definition) is 3. The van der Waals surface area contributed by atoms with Gasteiger partial charge in [0, 0.05) is 13.2 Å². The maximum Gasteiger partial charge on any atom is 0.419 e. The third-order valence-corrected chi connectivity index (χ3v) is 2.80. The lowest BCUT2D eigenvalue weighted by Gasteiger charge is -2.22. The van der Waals surface area contributed by atoms with Crippen LogP contribution in [0.5, 0.6) is 0 Å². The van der Waals surface area contributed by atoms with Crippen LogP contribution in [-0.4, -0.2) is 12.0 Å².